The van der Waals surface area contributed by atoms with Gasteiger partial charge in [0.15, 0.2) is 0 Å². The van der Waals surface area contributed by atoms with Gasteiger partial charge in [0.1, 0.15) is 0 Å². The molecule has 2 heterocycles. The fourth-order valence-corrected chi connectivity index (χ4v) is 2.80. The first-order valence-corrected chi connectivity index (χ1v) is 7.58. The Labute approximate surface area is 135 Å². The molecular weight excluding hydrogens is 325 g/mol. The number of anilines is 1. The first-order valence-electron chi connectivity index (χ1n) is 7.58. The van der Waals surface area contributed by atoms with E-state index in [1.54, 1.807) is 0 Å². The third-order valence-electron chi connectivity index (χ3n) is 3.88. The van der Waals surface area contributed by atoms with E-state index in [1.807, 2.05) is 4.90 Å². The Bertz CT molecular complexity index is 744. The number of fused-ring (bicyclic) bond motifs is 1. The predicted octanol–water partition coefficient (Wildman–Crippen LogP) is 1.98. The maximum absolute atomic E-state index is 12.6. The number of amides is 1. The lowest BCUT2D eigenvalue weighted by molar-refractivity contribution is -0.144. The number of imidazole rings is 1. The van der Waals surface area contributed by atoms with E-state index in [4.69, 9.17) is 0 Å². The highest BCUT2D eigenvalue weighted by Crippen LogP contribution is 2.29. The van der Waals surface area contributed by atoms with Gasteiger partial charge in [-0.05, 0) is 37.6 Å². The number of β-amino-alcohol motifs (C(OH)–C–C–N with tert-alkyl or cyclic N) is 1. The molecule has 0 radical (unpaired) electrons. The normalized spacial score (nSPS) is 19.6. The molecule has 1 aliphatic rings. The zero-order chi connectivity index (χ0) is 17.3. The number of likely N-dealkylation sites (tertiary alicyclic amines) is 1. The summed E-state index contributed by atoms with van der Waals surface area (Å²) in [5, 5.41) is 12.2. The van der Waals surface area contributed by atoms with Crippen molar-refractivity contribution < 1.29 is 23.1 Å². The fourth-order valence-electron chi connectivity index (χ4n) is 2.80. The van der Waals surface area contributed by atoms with Crippen LogP contribution in [0, 0.1) is 0 Å². The molecule has 1 aromatic carbocycles. The van der Waals surface area contributed by atoms with Crippen molar-refractivity contribution in [3.8, 4) is 0 Å². The molecule has 1 aliphatic heterocycles. The second-order valence-electron chi connectivity index (χ2n) is 5.89. The van der Waals surface area contributed by atoms with Crippen LogP contribution >= 0.6 is 0 Å². The Hall–Kier alpha value is -2.13. The maximum Gasteiger partial charge on any atom is 0.449 e. The van der Waals surface area contributed by atoms with Gasteiger partial charge in [-0.2, -0.15) is 13.2 Å². The molecule has 6 nitrogen and oxygen atoms in total. The summed E-state index contributed by atoms with van der Waals surface area (Å²) in [4.78, 5) is 19.6. The van der Waals surface area contributed by atoms with Gasteiger partial charge in [-0.1, -0.05) is 0 Å². The van der Waals surface area contributed by atoms with Crippen molar-refractivity contribution in [1.82, 2.24) is 14.9 Å². The smallest absolute Gasteiger partial charge is 0.392 e. The van der Waals surface area contributed by atoms with Crippen LogP contribution in [0.4, 0.5) is 18.9 Å². The maximum atomic E-state index is 12.6. The van der Waals surface area contributed by atoms with Gasteiger partial charge >= 0.3 is 6.18 Å². The molecule has 3 rings (SSSR count). The van der Waals surface area contributed by atoms with E-state index in [0.29, 0.717) is 12.2 Å². The average Bonchev–Trinajstić information content (AvgIpc) is 2.90. The number of H-pyrrole nitrogens is 1. The Kier molecular flexibility index (Phi) is 4.46. The molecule has 1 unspecified atom stereocenters. The summed E-state index contributed by atoms with van der Waals surface area (Å²) in [6, 6.07) is 4.34. The number of benzene rings is 1. The summed E-state index contributed by atoms with van der Waals surface area (Å²) in [5.74, 6) is -1.35. The van der Waals surface area contributed by atoms with Crippen molar-refractivity contribution in [2.45, 2.75) is 25.1 Å². The first-order chi connectivity index (χ1) is 11.3. The third kappa shape index (κ3) is 3.85. The van der Waals surface area contributed by atoms with E-state index in [0.717, 1.165) is 19.4 Å². The van der Waals surface area contributed by atoms with Crippen LogP contribution in [0.15, 0.2) is 18.2 Å². The Balaban J connectivity index is 1.67. The molecule has 1 atom stereocenters. The molecule has 3 N–H and O–H groups in total. The molecule has 24 heavy (non-hydrogen) atoms. The zero-order valence-electron chi connectivity index (χ0n) is 12.7. The Morgan fingerprint density at radius 2 is 2.25 bits per heavy atom. The topological polar surface area (TPSA) is 81.2 Å². The second-order valence-corrected chi connectivity index (χ2v) is 5.89. The number of rotatable bonds is 3. The summed E-state index contributed by atoms with van der Waals surface area (Å²) in [6.07, 6.45) is -3.41. The van der Waals surface area contributed by atoms with Gasteiger partial charge in [0.25, 0.3) is 0 Å². The number of nitrogens with one attached hydrogen (secondary N) is 2. The van der Waals surface area contributed by atoms with E-state index in [2.05, 4.69) is 15.3 Å². The van der Waals surface area contributed by atoms with Crippen LogP contribution in [-0.2, 0) is 11.0 Å². The van der Waals surface area contributed by atoms with Crippen LogP contribution in [0.25, 0.3) is 11.0 Å². The highest BCUT2D eigenvalue weighted by Gasteiger charge is 2.34. The highest BCUT2D eigenvalue weighted by molar-refractivity contribution is 5.94. The van der Waals surface area contributed by atoms with Crippen LogP contribution in [-0.4, -0.2) is 51.6 Å². The summed E-state index contributed by atoms with van der Waals surface area (Å²) in [6.45, 7) is 1.31. The van der Waals surface area contributed by atoms with Crippen molar-refractivity contribution >= 4 is 22.6 Å². The van der Waals surface area contributed by atoms with Gasteiger partial charge in [-0.3, -0.25) is 9.69 Å². The third-order valence-corrected chi connectivity index (χ3v) is 3.88. The quantitative estimate of drug-likeness (QED) is 0.797. The molecule has 1 fully saturated rings. The van der Waals surface area contributed by atoms with Gasteiger partial charge < -0.3 is 15.4 Å². The number of aromatic amines is 1. The minimum absolute atomic E-state index is 0.131. The molecule has 9 heteroatoms. The molecular formula is C15H17F3N4O2. The second kappa shape index (κ2) is 6.40. The SMILES string of the molecule is O=C(CN1CCCC(O)C1)Nc1ccc2nc(C(F)(F)F)[nH]c2c1. The van der Waals surface area contributed by atoms with Gasteiger partial charge in [0.05, 0.1) is 23.7 Å². The molecule has 0 spiro atoms. The predicted molar refractivity (Wildman–Crippen MR) is 81.4 cm³/mol. The lowest BCUT2D eigenvalue weighted by Crippen LogP contribution is -2.42. The van der Waals surface area contributed by atoms with Crippen LogP contribution in [0.1, 0.15) is 18.7 Å². The van der Waals surface area contributed by atoms with Crippen LogP contribution in [0.3, 0.4) is 0 Å². The van der Waals surface area contributed by atoms with E-state index in [9.17, 15) is 23.1 Å². The number of hydrogen-bond acceptors (Lipinski definition) is 4. The molecule has 0 aliphatic carbocycles. The number of carbonyl (C=O) groups is 1. The largest absolute Gasteiger partial charge is 0.449 e. The molecule has 1 aromatic heterocycles. The lowest BCUT2D eigenvalue weighted by atomic mass is 10.1. The van der Waals surface area contributed by atoms with Crippen molar-refractivity contribution in [1.29, 1.82) is 0 Å². The number of alkyl halides is 3. The van der Waals surface area contributed by atoms with Crippen LogP contribution in [0.2, 0.25) is 0 Å². The fraction of sp³-hybridized carbons (Fsp3) is 0.467. The minimum atomic E-state index is -4.54. The van der Waals surface area contributed by atoms with Gasteiger partial charge in [-0.15, -0.1) is 0 Å². The summed E-state index contributed by atoms with van der Waals surface area (Å²) < 4.78 is 37.9. The van der Waals surface area contributed by atoms with Gasteiger partial charge in [0, 0.05) is 12.2 Å². The zero-order valence-corrected chi connectivity index (χ0v) is 12.7. The number of halogens is 3. The number of hydrogen-bond donors (Lipinski definition) is 3. The lowest BCUT2D eigenvalue weighted by Gasteiger charge is -2.29. The number of aliphatic hydroxyl groups excluding tert-OH is 1. The van der Waals surface area contributed by atoms with E-state index in [-0.39, 0.29) is 23.5 Å². The number of aliphatic hydroxyl groups is 1. The summed E-state index contributed by atoms with van der Waals surface area (Å²) >= 11 is 0. The number of piperidine rings is 1. The van der Waals surface area contributed by atoms with Crippen molar-refractivity contribution in [3.05, 3.63) is 24.0 Å². The Morgan fingerprint density at radius 3 is 2.96 bits per heavy atom. The van der Waals surface area contributed by atoms with E-state index < -0.39 is 18.1 Å². The van der Waals surface area contributed by atoms with Gasteiger partial charge in [0.2, 0.25) is 11.7 Å². The molecule has 1 amide bonds. The highest BCUT2D eigenvalue weighted by atomic mass is 19.4. The molecule has 1 saturated heterocycles. The molecule has 2 aromatic rings. The van der Waals surface area contributed by atoms with Crippen molar-refractivity contribution in [2.24, 2.45) is 0 Å². The molecule has 0 bridgehead atoms. The van der Waals surface area contributed by atoms with Crippen LogP contribution in [0.5, 0.6) is 0 Å². The monoisotopic (exact) mass is 342 g/mol. The minimum Gasteiger partial charge on any atom is -0.392 e. The van der Waals surface area contributed by atoms with Crippen molar-refractivity contribution in [2.75, 3.05) is 25.0 Å². The molecule has 130 valence electrons. The van der Waals surface area contributed by atoms with E-state index >= 15 is 0 Å². The van der Waals surface area contributed by atoms with Crippen LogP contribution < -0.4 is 5.32 Å². The summed E-state index contributed by atoms with van der Waals surface area (Å²) in [5.41, 5.74) is 0.774. The first kappa shape index (κ1) is 16.7. The van der Waals surface area contributed by atoms with Crippen molar-refractivity contribution in [3.63, 3.8) is 0 Å². The summed E-state index contributed by atoms with van der Waals surface area (Å²) in [7, 11) is 0. The molecule has 0 saturated carbocycles. The number of aromatic nitrogens is 2. The Morgan fingerprint density at radius 1 is 1.46 bits per heavy atom. The van der Waals surface area contributed by atoms with E-state index in [1.165, 1.54) is 18.2 Å². The standard InChI is InChI=1S/C15H17F3N4O2/c16-15(17,18)14-20-11-4-3-9(6-12(11)21-14)19-13(24)8-22-5-1-2-10(23)7-22/h3-4,6,10,23H,1-2,5,7-8H2,(H,19,24)(H,20,21). The van der Waals surface area contributed by atoms with Gasteiger partial charge in [-0.25, -0.2) is 4.98 Å². The number of carbonyl (C=O) groups excluding carboxylic acids is 1. The average molecular weight is 342 g/mol. The number of nitrogens with zero attached hydrogens (tertiary/aromatic N) is 2.